The topological polar surface area (TPSA) is 99.5 Å². The van der Waals surface area contributed by atoms with Crippen LogP contribution in [0.25, 0.3) is 0 Å². The predicted octanol–water partition coefficient (Wildman–Crippen LogP) is 2.70. The summed E-state index contributed by atoms with van der Waals surface area (Å²) >= 11 is 0. The molecule has 1 aromatic rings. The Morgan fingerprint density at radius 2 is 1.53 bits per heavy atom. The maximum Gasteiger partial charge on any atom is 0.414 e. The van der Waals surface area contributed by atoms with Crippen molar-refractivity contribution in [1.82, 2.24) is 9.80 Å². The van der Waals surface area contributed by atoms with Gasteiger partial charge in [-0.1, -0.05) is 18.9 Å². The number of carboxylic acid groups (broad SMARTS) is 2. The van der Waals surface area contributed by atoms with Crippen LogP contribution in [-0.2, 0) is 16.1 Å². The average Bonchev–Trinajstić information content (AvgIpc) is 3.04. The number of carboxylic acids is 2. The third-order valence-electron chi connectivity index (χ3n) is 5.79. The highest BCUT2D eigenvalue weighted by atomic mass is 16.5. The molecule has 3 rings (SSSR count). The lowest BCUT2D eigenvalue weighted by molar-refractivity contribution is -0.159. The highest BCUT2D eigenvalue weighted by molar-refractivity contribution is 6.27. The number of methoxy groups -OCH3 is 2. The summed E-state index contributed by atoms with van der Waals surface area (Å²) in [5.41, 5.74) is 1.26. The molecule has 2 N–H and O–H groups in total. The van der Waals surface area contributed by atoms with Crippen molar-refractivity contribution < 1.29 is 29.3 Å². The van der Waals surface area contributed by atoms with E-state index < -0.39 is 11.9 Å². The quantitative estimate of drug-likeness (QED) is 0.699. The average molecular weight is 423 g/mol. The zero-order chi connectivity index (χ0) is 21.9. The molecular formula is C22H34N2O6. The number of rotatable bonds is 5. The van der Waals surface area contributed by atoms with Gasteiger partial charge in [-0.25, -0.2) is 9.59 Å². The Kier molecular flexibility index (Phi) is 9.89. The van der Waals surface area contributed by atoms with Crippen LogP contribution in [0.3, 0.4) is 0 Å². The number of carbonyl (C=O) groups is 2. The molecule has 0 bridgehead atoms. The summed E-state index contributed by atoms with van der Waals surface area (Å²) in [6.45, 7) is 5.99. The fourth-order valence-corrected chi connectivity index (χ4v) is 4.13. The van der Waals surface area contributed by atoms with E-state index in [2.05, 4.69) is 15.9 Å². The minimum Gasteiger partial charge on any atom is -0.497 e. The molecule has 8 heteroatoms. The fourth-order valence-electron chi connectivity index (χ4n) is 4.13. The Hall–Kier alpha value is -2.32. The summed E-state index contributed by atoms with van der Waals surface area (Å²) in [5, 5.41) is 14.8. The van der Waals surface area contributed by atoms with Gasteiger partial charge >= 0.3 is 11.9 Å². The van der Waals surface area contributed by atoms with Crippen molar-refractivity contribution in [3.63, 3.8) is 0 Å². The van der Waals surface area contributed by atoms with Gasteiger partial charge in [-0.2, -0.15) is 0 Å². The molecule has 0 unspecified atom stereocenters. The van der Waals surface area contributed by atoms with Gasteiger partial charge in [0.05, 0.1) is 14.2 Å². The fraction of sp³-hybridized carbons (Fsp3) is 0.636. The minimum absolute atomic E-state index is 0.803. The maximum atomic E-state index is 9.10. The molecular weight excluding hydrogens is 388 g/mol. The number of piperidine rings is 1. The molecule has 2 fully saturated rings. The molecule has 2 aliphatic heterocycles. The molecule has 0 aliphatic carbocycles. The van der Waals surface area contributed by atoms with Crippen molar-refractivity contribution in [3.05, 3.63) is 23.8 Å². The van der Waals surface area contributed by atoms with Crippen molar-refractivity contribution in [2.75, 3.05) is 40.4 Å². The van der Waals surface area contributed by atoms with Gasteiger partial charge in [0.25, 0.3) is 0 Å². The lowest BCUT2D eigenvalue weighted by Crippen LogP contribution is -2.45. The van der Waals surface area contributed by atoms with Crippen molar-refractivity contribution in [2.24, 2.45) is 0 Å². The number of aliphatic carboxylic acids is 2. The van der Waals surface area contributed by atoms with E-state index in [0.29, 0.717) is 0 Å². The number of likely N-dealkylation sites (tertiary alicyclic amines) is 2. The van der Waals surface area contributed by atoms with Crippen LogP contribution in [0.4, 0.5) is 0 Å². The Balaban J connectivity index is 0.000000469. The monoisotopic (exact) mass is 422 g/mol. The molecule has 0 aromatic heterocycles. The van der Waals surface area contributed by atoms with Crippen molar-refractivity contribution in [3.8, 4) is 11.5 Å². The van der Waals surface area contributed by atoms with E-state index in [-0.39, 0.29) is 0 Å². The van der Waals surface area contributed by atoms with E-state index >= 15 is 0 Å². The van der Waals surface area contributed by atoms with Crippen LogP contribution in [0.1, 0.15) is 44.1 Å². The first-order valence-corrected chi connectivity index (χ1v) is 10.6. The molecule has 0 saturated carbocycles. The lowest BCUT2D eigenvalue weighted by atomic mass is 10.0. The van der Waals surface area contributed by atoms with Crippen molar-refractivity contribution >= 4 is 11.9 Å². The van der Waals surface area contributed by atoms with Crippen molar-refractivity contribution in [1.29, 1.82) is 0 Å². The van der Waals surface area contributed by atoms with E-state index in [0.717, 1.165) is 24.1 Å². The van der Waals surface area contributed by atoms with E-state index in [9.17, 15) is 0 Å². The second kappa shape index (κ2) is 12.4. The Morgan fingerprint density at radius 3 is 2.03 bits per heavy atom. The molecule has 2 heterocycles. The van der Waals surface area contributed by atoms with Crippen LogP contribution in [0.5, 0.6) is 11.5 Å². The first-order valence-electron chi connectivity index (χ1n) is 10.6. The van der Waals surface area contributed by atoms with Gasteiger partial charge in [0.15, 0.2) is 0 Å². The molecule has 0 atom stereocenters. The third kappa shape index (κ3) is 7.50. The molecule has 1 aromatic carbocycles. The second-order valence-electron chi connectivity index (χ2n) is 7.75. The third-order valence-corrected chi connectivity index (χ3v) is 5.79. The van der Waals surface area contributed by atoms with Gasteiger partial charge in [-0.15, -0.1) is 0 Å². The van der Waals surface area contributed by atoms with Crippen LogP contribution in [0, 0.1) is 0 Å². The molecule has 2 aliphatic rings. The lowest BCUT2D eigenvalue weighted by Gasteiger charge is -2.38. The summed E-state index contributed by atoms with van der Waals surface area (Å²) in [7, 11) is 3.44. The largest absolute Gasteiger partial charge is 0.497 e. The molecule has 8 nitrogen and oxygen atoms in total. The van der Waals surface area contributed by atoms with Crippen LogP contribution < -0.4 is 9.47 Å². The molecule has 0 spiro atoms. The summed E-state index contributed by atoms with van der Waals surface area (Å²) in [5.74, 6) is -1.86. The van der Waals surface area contributed by atoms with E-state index in [1.54, 1.807) is 14.2 Å². The molecule has 0 radical (unpaired) electrons. The summed E-state index contributed by atoms with van der Waals surface area (Å²) in [4.78, 5) is 23.5. The van der Waals surface area contributed by atoms with Gasteiger partial charge in [-0.05, 0) is 57.9 Å². The molecule has 2 saturated heterocycles. The zero-order valence-corrected chi connectivity index (χ0v) is 18.0. The van der Waals surface area contributed by atoms with Gasteiger partial charge < -0.3 is 24.6 Å². The van der Waals surface area contributed by atoms with E-state index in [4.69, 9.17) is 29.3 Å². The minimum atomic E-state index is -1.82. The maximum absolute atomic E-state index is 9.10. The van der Waals surface area contributed by atoms with Gasteiger partial charge in [0.1, 0.15) is 11.5 Å². The van der Waals surface area contributed by atoms with Gasteiger partial charge in [0, 0.05) is 24.2 Å². The van der Waals surface area contributed by atoms with Gasteiger partial charge in [0.2, 0.25) is 0 Å². The number of nitrogens with zero attached hydrogens (tertiary/aromatic N) is 2. The first kappa shape index (κ1) is 24.0. The zero-order valence-electron chi connectivity index (χ0n) is 18.0. The molecule has 168 valence electrons. The standard InChI is InChI=1S/C20H32N2O2.C2H2O4/c1-23-19-8-7-17(20(15-19)24-2)16-21-13-9-18(10-14-21)22-11-5-3-4-6-12-22;3-1(4)2(5)6/h7-8,15,18H,3-6,9-14,16H2,1-2H3;(H,3,4)(H,5,6). The second-order valence-corrected chi connectivity index (χ2v) is 7.75. The van der Waals surface area contributed by atoms with Gasteiger partial charge in [-0.3, -0.25) is 4.90 Å². The summed E-state index contributed by atoms with van der Waals surface area (Å²) < 4.78 is 10.8. The Morgan fingerprint density at radius 1 is 0.933 bits per heavy atom. The summed E-state index contributed by atoms with van der Waals surface area (Å²) in [6, 6.07) is 6.96. The summed E-state index contributed by atoms with van der Waals surface area (Å²) in [6.07, 6.45) is 8.24. The van der Waals surface area contributed by atoms with Crippen LogP contribution in [0.2, 0.25) is 0 Å². The SMILES string of the molecule is COc1ccc(CN2CCC(N3CCCCCC3)CC2)c(OC)c1.O=C(O)C(=O)O. The number of hydrogen-bond acceptors (Lipinski definition) is 6. The van der Waals surface area contributed by atoms with Crippen LogP contribution >= 0.6 is 0 Å². The molecule has 0 amide bonds. The predicted molar refractivity (Wildman–Crippen MR) is 113 cm³/mol. The highest BCUT2D eigenvalue weighted by Gasteiger charge is 2.25. The van der Waals surface area contributed by atoms with E-state index in [1.165, 1.54) is 70.3 Å². The van der Waals surface area contributed by atoms with E-state index in [1.807, 2.05) is 12.1 Å². The molecule has 30 heavy (non-hydrogen) atoms. The normalized spacial score (nSPS) is 18.6. The Labute approximate surface area is 178 Å². The smallest absolute Gasteiger partial charge is 0.414 e. The highest BCUT2D eigenvalue weighted by Crippen LogP contribution is 2.27. The number of ether oxygens (including phenoxy) is 2. The Bertz CT molecular complexity index is 668. The van der Waals surface area contributed by atoms with Crippen LogP contribution in [0.15, 0.2) is 18.2 Å². The number of hydrogen-bond donors (Lipinski definition) is 2. The number of benzene rings is 1. The van der Waals surface area contributed by atoms with Crippen LogP contribution in [-0.4, -0.2) is 78.4 Å². The van der Waals surface area contributed by atoms with Crippen molar-refractivity contribution in [2.45, 2.75) is 51.1 Å². The first-order chi connectivity index (χ1) is 14.4.